The average Bonchev–Trinajstić information content (AvgIpc) is 3.32. The lowest BCUT2D eigenvalue weighted by Crippen LogP contribution is -2.22. The lowest BCUT2D eigenvalue weighted by molar-refractivity contribution is -0.119. The van der Waals surface area contributed by atoms with Crippen LogP contribution in [0.1, 0.15) is 33.6 Å². The lowest BCUT2D eigenvalue weighted by Gasteiger charge is -2.13. The van der Waals surface area contributed by atoms with Crippen LogP contribution in [0.15, 0.2) is 72.8 Å². The highest BCUT2D eigenvalue weighted by atomic mass is 16.5. The Morgan fingerprint density at radius 1 is 0.919 bits per heavy atom. The zero-order chi connectivity index (χ0) is 25.8. The van der Waals surface area contributed by atoms with Crippen molar-refractivity contribution in [2.45, 2.75) is 12.8 Å². The highest BCUT2D eigenvalue weighted by Crippen LogP contribution is 2.38. The fourth-order valence-corrected chi connectivity index (χ4v) is 4.55. The summed E-state index contributed by atoms with van der Waals surface area (Å²) in [5.41, 5.74) is 5.38. The summed E-state index contributed by atoms with van der Waals surface area (Å²) in [5.74, 6) is 0.317. The van der Waals surface area contributed by atoms with Crippen LogP contribution in [-0.2, 0) is 16.0 Å². The molecule has 0 aliphatic heterocycles. The van der Waals surface area contributed by atoms with Crippen LogP contribution in [0.4, 0.5) is 5.69 Å². The van der Waals surface area contributed by atoms with Crippen LogP contribution in [0.2, 0.25) is 0 Å². The molecule has 1 aliphatic carbocycles. The van der Waals surface area contributed by atoms with Gasteiger partial charge in [0, 0.05) is 5.39 Å². The standard InChI is InChI=1S/C30H26N2O5/c1-35-21-14-11-19(12-15-21)17-20-13-16-23-28(22-7-3-4-8-24(22)32-29(20)23)30(34)37-18-27(33)31-25-9-5-6-10-26(25)36-2/h3-12,14-15,17H,13,16,18H2,1-2H3,(H,31,33)/b20-17+. The third-order valence-electron chi connectivity index (χ3n) is 6.32. The minimum Gasteiger partial charge on any atom is -0.497 e. The van der Waals surface area contributed by atoms with Crippen LogP contribution < -0.4 is 14.8 Å². The van der Waals surface area contributed by atoms with Gasteiger partial charge in [-0.2, -0.15) is 0 Å². The second-order valence-corrected chi connectivity index (χ2v) is 8.60. The Morgan fingerprint density at radius 2 is 1.68 bits per heavy atom. The molecule has 0 bridgehead atoms. The number of hydrogen-bond donors (Lipinski definition) is 1. The molecule has 7 nitrogen and oxygen atoms in total. The van der Waals surface area contributed by atoms with Gasteiger partial charge in [-0.3, -0.25) is 4.79 Å². The van der Waals surface area contributed by atoms with Gasteiger partial charge in [-0.25, -0.2) is 9.78 Å². The monoisotopic (exact) mass is 494 g/mol. The van der Waals surface area contributed by atoms with E-state index < -0.39 is 18.5 Å². The maximum atomic E-state index is 13.3. The van der Waals surface area contributed by atoms with Gasteiger partial charge >= 0.3 is 5.97 Å². The number of rotatable bonds is 7. The molecule has 1 N–H and O–H groups in total. The number of benzene rings is 3. The van der Waals surface area contributed by atoms with Crippen molar-refractivity contribution >= 4 is 40.1 Å². The number of carbonyl (C=O) groups excluding carboxylic acids is 2. The first-order valence-electron chi connectivity index (χ1n) is 11.9. The number of methoxy groups -OCH3 is 2. The van der Waals surface area contributed by atoms with Crippen molar-refractivity contribution in [3.8, 4) is 11.5 Å². The Morgan fingerprint density at radius 3 is 2.46 bits per heavy atom. The summed E-state index contributed by atoms with van der Waals surface area (Å²) in [7, 11) is 3.16. The Balaban J connectivity index is 1.42. The van der Waals surface area contributed by atoms with E-state index in [2.05, 4.69) is 11.4 Å². The van der Waals surface area contributed by atoms with Crippen LogP contribution in [0.3, 0.4) is 0 Å². The van der Waals surface area contributed by atoms with E-state index in [1.54, 1.807) is 31.4 Å². The van der Waals surface area contributed by atoms with Crippen LogP contribution in [0.25, 0.3) is 22.6 Å². The highest BCUT2D eigenvalue weighted by Gasteiger charge is 2.28. The zero-order valence-electron chi connectivity index (χ0n) is 20.6. The van der Waals surface area contributed by atoms with Gasteiger partial charge in [0.15, 0.2) is 6.61 Å². The maximum absolute atomic E-state index is 13.3. The number of para-hydroxylation sites is 3. The Kier molecular flexibility index (Phi) is 6.85. The van der Waals surface area contributed by atoms with E-state index in [1.807, 2.05) is 48.5 Å². The molecule has 1 heterocycles. The van der Waals surface area contributed by atoms with E-state index in [4.69, 9.17) is 19.2 Å². The summed E-state index contributed by atoms with van der Waals surface area (Å²) in [6.45, 7) is -0.420. The summed E-state index contributed by atoms with van der Waals surface area (Å²) in [4.78, 5) is 30.8. The van der Waals surface area contributed by atoms with Gasteiger partial charge in [0.25, 0.3) is 5.91 Å². The number of allylic oxidation sites excluding steroid dienone is 1. The van der Waals surface area contributed by atoms with Crippen LogP contribution in [0.5, 0.6) is 11.5 Å². The van der Waals surface area contributed by atoms with Gasteiger partial charge in [-0.1, -0.05) is 42.5 Å². The van der Waals surface area contributed by atoms with Crippen molar-refractivity contribution in [2.24, 2.45) is 0 Å². The number of anilines is 1. The van der Waals surface area contributed by atoms with Gasteiger partial charge in [0.2, 0.25) is 0 Å². The SMILES string of the molecule is COc1ccc(/C=C2\CCc3c2nc2ccccc2c3C(=O)OCC(=O)Nc2ccccc2OC)cc1. The van der Waals surface area contributed by atoms with Crippen molar-refractivity contribution in [3.63, 3.8) is 0 Å². The molecule has 7 heteroatoms. The number of ether oxygens (including phenoxy) is 3. The summed E-state index contributed by atoms with van der Waals surface area (Å²) in [6, 6.07) is 22.3. The molecule has 0 fully saturated rings. The first kappa shape index (κ1) is 24.1. The smallest absolute Gasteiger partial charge is 0.339 e. The van der Waals surface area contributed by atoms with Crippen molar-refractivity contribution in [3.05, 3.63) is 95.2 Å². The van der Waals surface area contributed by atoms with E-state index in [0.717, 1.165) is 34.6 Å². The van der Waals surface area contributed by atoms with Crippen molar-refractivity contribution < 1.29 is 23.8 Å². The van der Waals surface area contributed by atoms with Gasteiger partial charge < -0.3 is 19.5 Å². The average molecular weight is 495 g/mol. The first-order valence-corrected chi connectivity index (χ1v) is 11.9. The number of nitrogens with one attached hydrogen (secondary N) is 1. The van der Waals surface area contributed by atoms with Gasteiger partial charge in [-0.05, 0) is 65.9 Å². The fraction of sp³-hybridized carbons (Fsp3) is 0.167. The van der Waals surface area contributed by atoms with E-state index in [1.165, 1.54) is 7.11 Å². The number of aromatic nitrogens is 1. The second kappa shape index (κ2) is 10.5. The Labute approximate surface area is 214 Å². The number of carbonyl (C=O) groups is 2. The largest absolute Gasteiger partial charge is 0.497 e. The number of esters is 1. The van der Waals surface area contributed by atoms with Crippen molar-refractivity contribution in [2.75, 3.05) is 26.1 Å². The second-order valence-electron chi connectivity index (χ2n) is 8.60. The third-order valence-corrected chi connectivity index (χ3v) is 6.32. The molecular weight excluding hydrogens is 468 g/mol. The maximum Gasteiger partial charge on any atom is 0.339 e. The molecule has 1 amide bonds. The third kappa shape index (κ3) is 5.02. The minimum atomic E-state index is -0.546. The predicted octanol–water partition coefficient (Wildman–Crippen LogP) is 5.53. The Bertz CT molecular complexity index is 1510. The number of pyridine rings is 1. The molecule has 0 spiro atoms. The molecule has 1 aliphatic rings. The molecule has 0 radical (unpaired) electrons. The molecular formula is C30H26N2O5. The normalized spacial score (nSPS) is 13.3. The fourth-order valence-electron chi connectivity index (χ4n) is 4.55. The van der Waals surface area contributed by atoms with E-state index in [0.29, 0.717) is 34.3 Å². The predicted molar refractivity (Wildman–Crippen MR) is 143 cm³/mol. The zero-order valence-corrected chi connectivity index (χ0v) is 20.6. The number of hydrogen-bond acceptors (Lipinski definition) is 6. The van der Waals surface area contributed by atoms with Gasteiger partial charge in [0.05, 0.1) is 36.7 Å². The van der Waals surface area contributed by atoms with E-state index >= 15 is 0 Å². The molecule has 0 saturated heterocycles. The molecule has 0 unspecified atom stereocenters. The van der Waals surface area contributed by atoms with Crippen LogP contribution >= 0.6 is 0 Å². The number of fused-ring (bicyclic) bond motifs is 2. The van der Waals surface area contributed by atoms with Crippen molar-refractivity contribution in [1.82, 2.24) is 4.98 Å². The molecule has 37 heavy (non-hydrogen) atoms. The highest BCUT2D eigenvalue weighted by molar-refractivity contribution is 6.08. The minimum absolute atomic E-state index is 0.420. The van der Waals surface area contributed by atoms with E-state index in [-0.39, 0.29) is 0 Å². The van der Waals surface area contributed by atoms with Crippen LogP contribution in [-0.4, -0.2) is 37.7 Å². The number of nitrogens with zero attached hydrogens (tertiary/aromatic N) is 1. The molecule has 5 rings (SSSR count). The molecule has 1 aromatic heterocycles. The van der Waals surface area contributed by atoms with Gasteiger partial charge in [-0.15, -0.1) is 0 Å². The summed E-state index contributed by atoms with van der Waals surface area (Å²) in [6.07, 6.45) is 3.50. The molecule has 186 valence electrons. The molecule has 0 saturated carbocycles. The van der Waals surface area contributed by atoms with E-state index in [9.17, 15) is 9.59 Å². The van der Waals surface area contributed by atoms with Crippen molar-refractivity contribution in [1.29, 1.82) is 0 Å². The van der Waals surface area contributed by atoms with Crippen LogP contribution in [0, 0.1) is 0 Å². The summed E-state index contributed by atoms with van der Waals surface area (Å²) >= 11 is 0. The lowest BCUT2D eigenvalue weighted by atomic mass is 10.0. The molecule has 3 aromatic carbocycles. The Hall–Kier alpha value is -4.65. The molecule has 0 atom stereocenters. The summed E-state index contributed by atoms with van der Waals surface area (Å²) in [5, 5.41) is 3.44. The number of amides is 1. The first-order chi connectivity index (χ1) is 18.1. The topological polar surface area (TPSA) is 86.8 Å². The summed E-state index contributed by atoms with van der Waals surface area (Å²) < 4.78 is 16.0. The quantitative estimate of drug-likeness (QED) is 0.340. The van der Waals surface area contributed by atoms with Gasteiger partial charge in [0.1, 0.15) is 11.5 Å². The molecule has 4 aromatic rings.